The second kappa shape index (κ2) is 5.84. The van der Waals surface area contributed by atoms with Crippen LogP contribution in [0.15, 0.2) is 47.1 Å². The highest BCUT2D eigenvalue weighted by Gasteiger charge is 2.14. The zero-order valence-corrected chi connectivity index (χ0v) is 12.2. The number of carbonyl (C=O) groups excluding carboxylic acids is 1. The predicted molar refractivity (Wildman–Crippen MR) is 77.7 cm³/mol. The van der Waals surface area contributed by atoms with Crippen LogP contribution in [0.4, 0.5) is 5.82 Å². The van der Waals surface area contributed by atoms with Crippen LogP contribution in [0.1, 0.15) is 10.4 Å². The van der Waals surface area contributed by atoms with Gasteiger partial charge in [0.05, 0.1) is 7.11 Å². The van der Waals surface area contributed by atoms with Gasteiger partial charge in [0.2, 0.25) is 0 Å². The third kappa shape index (κ3) is 3.12. The molecule has 98 valence electrons. The summed E-state index contributed by atoms with van der Waals surface area (Å²) in [6, 6.07) is 10.6. The number of methoxy groups -OCH3 is 1. The molecule has 0 aliphatic carbocycles. The second-order valence-electron chi connectivity index (χ2n) is 3.92. The Bertz CT molecular complexity index is 584. The van der Waals surface area contributed by atoms with Gasteiger partial charge in [-0.05, 0) is 36.4 Å². The summed E-state index contributed by atoms with van der Waals surface area (Å²) in [6.07, 6.45) is 1.65. The van der Waals surface area contributed by atoms with Gasteiger partial charge >= 0.3 is 0 Å². The molecule has 2 aromatic rings. The van der Waals surface area contributed by atoms with Crippen molar-refractivity contribution in [3.05, 3.63) is 52.6 Å². The maximum atomic E-state index is 12.3. The monoisotopic (exact) mass is 320 g/mol. The standard InChI is InChI=1S/C14H13BrN2O2/c1-17(13-9-11(15)7-8-16-13)14(18)10-3-5-12(19-2)6-4-10/h3-9H,1-2H3. The van der Waals surface area contributed by atoms with Crippen LogP contribution in [-0.2, 0) is 0 Å². The van der Waals surface area contributed by atoms with Crippen molar-refractivity contribution in [3.8, 4) is 5.75 Å². The first-order valence-electron chi connectivity index (χ1n) is 5.65. The molecule has 2 rings (SSSR count). The van der Waals surface area contributed by atoms with Gasteiger partial charge in [0.15, 0.2) is 0 Å². The second-order valence-corrected chi connectivity index (χ2v) is 4.84. The van der Waals surface area contributed by atoms with Crippen molar-refractivity contribution in [2.24, 2.45) is 0 Å². The fourth-order valence-corrected chi connectivity index (χ4v) is 1.93. The molecular formula is C14H13BrN2O2. The highest BCUT2D eigenvalue weighted by atomic mass is 79.9. The summed E-state index contributed by atoms with van der Waals surface area (Å²) in [4.78, 5) is 18.0. The van der Waals surface area contributed by atoms with Gasteiger partial charge < -0.3 is 4.74 Å². The first-order valence-corrected chi connectivity index (χ1v) is 6.45. The molecule has 0 bridgehead atoms. The Kier molecular flexibility index (Phi) is 4.16. The van der Waals surface area contributed by atoms with E-state index in [0.29, 0.717) is 11.4 Å². The fourth-order valence-electron chi connectivity index (χ4n) is 1.61. The summed E-state index contributed by atoms with van der Waals surface area (Å²) in [5, 5.41) is 0. The van der Waals surface area contributed by atoms with Crippen LogP contribution in [-0.4, -0.2) is 25.0 Å². The topological polar surface area (TPSA) is 42.4 Å². The molecule has 0 spiro atoms. The molecule has 0 aliphatic heterocycles. The molecule has 19 heavy (non-hydrogen) atoms. The number of aromatic nitrogens is 1. The highest BCUT2D eigenvalue weighted by molar-refractivity contribution is 9.10. The van der Waals surface area contributed by atoms with Gasteiger partial charge in [0.25, 0.3) is 5.91 Å². The minimum absolute atomic E-state index is 0.117. The van der Waals surface area contributed by atoms with E-state index in [0.717, 1.165) is 10.2 Å². The number of nitrogens with zero attached hydrogens (tertiary/aromatic N) is 2. The molecular weight excluding hydrogens is 308 g/mol. The molecule has 1 aromatic heterocycles. The van der Waals surface area contributed by atoms with Crippen molar-refractivity contribution in [1.82, 2.24) is 4.98 Å². The van der Waals surface area contributed by atoms with Gasteiger partial charge in [-0.2, -0.15) is 0 Å². The summed E-state index contributed by atoms with van der Waals surface area (Å²) >= 11 is 3.36. The van der Waals surface area contributed by atoms with Crippen molar-refractivity contribution in [1.29, 1.82) is 0 Å². The number of halogens is 1. The number of amides is 1. The average Bonchev–Trinajstić information content (AvgIpc) is 2.46. The van der Waals surface area contributed by atoms with E-state index in [1.807, 2.05) is 6.07 Å². The molecule has 1 heterocycles. The number of benzene rings is 1. The van der Waals surface area contributed by atoms with Gasteiger partial charge in [-0.3, -0.25) is 9.69 Å². The lowest BCUT2D eigenvalue weighted by Crippen LogP contribution is -2.26. The van der Waals surface area contributed by atoms with Crippen LogP contribution in [0.3, 0.4) is 0 Å². The van der Waals surface area contributed by atoms with E-state index in [2.05, 4.69) is 20.9 Å². The SMILES string of the molecule is COc1ccc(C(=O)N(C)c2cc(Br)ccn2)cc1. The molecule has 1 amide bonds. The fraction of sp³-hybridized carbons (Fsp3) is 0.143. The Labute approximate surface area is 120 Å². The summed E-state index contributed by atoms with van der Waals surface area (Å²) < 4.78 is 5.95. The number of hydrogen-bond donors (Lipinski definition) is 0. The van der Waals surface area contributed by atoms with Crippen molar-refractivity contribution in [2.75, 3.05) is 19.1 Å². The molecule has 0 atom stereocenters. The zero-order valence-electron chi connectivity index (χ0n) is 10.6. The van der Waals surface area contributed by atoms with Crippen molar-refractivity contribution >= 4 is 27.7 Å². The first kappa shape index (κ1) is 13.5. The minimum atomic E-state index is -0.117. The molecule has 0 saturated carbocycles. The molecule has 0 radical (unpaired) electrons. The van der Waals surface area contributed by atoms with Gasteiger partial charge in [-0.1, -0.05) is 15.9 Å². The molecule has 1 aromatic carbocycles. The number of carbonyl (C=O) groups is 1. The third-order valence-corrected chi connectivity index (χ3v) is 3.19. The van der Waals surface area contributed by atoms with E-state index in [4.69, 9.17) is 4.74 Å². The van der Waals surface area contributed by atoms with Crippen LogP contribution in [0, 0.1) is 0 Å². The number of rotatable bonds is 3. The van der Waals surface area contributed by atoms with Gasteiger partial charge in [-0.25, -0.2) is 4.98 Å². The van der Waals surface area contributed by atoms with Crippen LogP contribution < -0.4 is 9.64 Å². The number of anilines is 1. The lowest BCUT2D eigenvalue weighted by Gasteiger charge is -2.16. The maximum absolute atomic E-state index is 12.3. The maximum Gasteiger partial charge on any atom is 0.259 e. The third-order valence-electron chi connectivity index (χ3n) is 2.69. The lowest BCUT2D eigenvalue weighted by molar-refractivity contribution is 0.0992. The normalized spacial score (nSPS) is 10.1. The Morgan fingerprint density at radius 2 is 1.95 bits per heavy atom. The Balaban J connectivity index is 2.23. The molecule has 0 unspecified atom stereocenters. The molecule has 4 nitrogen and oxygen atoms in total. The lowest BCUT2D eigenvalue weighted by atomic mass is 10.2. The number of pyridine rings is 1. The van der Waals surface area contributed by atoms with Crippen LogP contribution in [0.5, 0.6) is 5.75 Å². The molecule has 0 aliphatic rings. The van der Waals surface area contributed by atoms with Gasteiger partial charge in [0.1, 0.15) is 11.6 Å². The van der Waals surface area contributed by atoms with Crippen LogP contribution in [0.2, 0.25) is 0 Å². The highest BCUT2D eigenvalue weighted by Crippen LogP contribution is 2.19. The summed E-state index contributed by atoms with van der Waals surface area (Å²) in [6.45, 7) is 0. The molecule has 5 heteroatoms. The van der Waals surface area contributed by atoms with Gasteiger partial charge in [0, 0.05) is 23.3 Å². The first-order chi connectivity index (χ1) is 9.11. The van der Waals surface area contributed by atoms with Crippen LogP contribution >= 0.6 is 15.9 Å². The summed E-state index contributed by atoms with van der Waals surface area (Å²) in [5.74, 6) is 1.20. The Morgan fingerprint density at radius 3 is 2.53 bits per heavy atom. The van der Waals surface area contributed by atoms with E-state index in [1.165, 1.54) is 4.90 Å². The molecule has 0 fully saturated rings. The summed E-state index contributed by atoms with van der Waals surface area (Å²) in [7, 11) is 3.29. The Morgan fingerprint density at radius 1 is 1.26 bits per heavy atom. The van der Waals surface area contributed by atoms with E-state index in [9.17, 15) is 4.79 Å². The van der Waals surface area contributed by atoms with Crippen molar-refractivity contribution in [3.63, 3.8) is 0 Å². The Hall–Kier alpha value is -1.88. The minimum Gasteiger partial charge on any atom is -0.497 e. The predicted octanol–water partition coefficient (Wildman–Crippen LogP) is 3.13. The number of hydrogen-bond acceptors (Lipinski definition) is 3. The zero-order chi connectivity index (χ0) is 13.8. The molecule has 0 saturated heterocycles. The molecule has 0 N–H and O–H groups in total. The average molecular weight is 321 g/mol. The van der Waals surface area contributed by atoms with E-state index >= 15 is 0 Å². The number of ether oxygens (including phenoxy) is 1. The smallest absolute Gasteiger partial charge is 0.259 e. The largest absolute Gasteiger partial charge is 0.497 e. The van der Waals surface area contributed by atoms with Gasteiger partial charge in [-0.15, -0.1) is 0 Å². The van der Waals surface area contributed by atoms with Crippen molar-refractivity contribution < 1.29 is 9.53 Å². The summed E-state index contributed by atoms with van der Waals surface area (Å²) in [5.41, 5.74) is 0.588. The van der Waals surface area contributed by atoms with E-state index < -0.39 is 0 Å². The van der Waals surface area contributed by atoms with Crippen LogP contribution in [0.25, 0.3) is 0 Å². The van der Waals surface area contributed by atoms with E-state index in [1.54, 1.807) is 50.7 Å². The van der Waals surface area contributed by atoms with Crippen molar-refractivity contribution in [2.45, 2.75) is 0 Å². The quantitative estimate of drug-likeness (QED) is 0.872. The van der Waals surface area contributed by atoms with E-state index in [-0.39, 0.29) is 5.91 Å².